The number of hydrogen-bond donors (Lipinski definition) is 0. The largest absolute Gasteiger partial charge is 0.295 e. The van der Waals surface area contributed by atoms with Gasteiger partial charge in [-0.25, -0.2) is 0 Å². The summed E-state index contributed by atoms with van der Waals surface area (Å²) in [5.41, 5.74) is 0.730. The molecule has 0 aliphatic rings. The predicted molar refractivity (Wildman–Crippen MR) is 97.5 cm³/mol. The van der Waals surface area contributed by atoms with Crippen LogP contribution in [0, 0.1) is 0 Å². The molecule has 0 atom stereocenters. The molecule has 0 unspecified atom stereocenters. The van der Waals surface area contributed by atoms with Gasteiger partial charge in [0.15, 0.2) is 5.78 Å². The third kappa shape index (κ3) is 2.34. The van der Waals surface area contributed by atoms with Gasteiger partial charge in [0.1, 0.15) is 0 Å². The van der Waals surface area contributed by atoms with Crippen molar-refractivity contribution in [2.24, 2.45) is 0 Å². The van der Waals surface area contributed by atoms with E-state index >= 15 is 0 Å². The Labute approximate surface area is 139 Å². The van der Waals surface area contributed by atoms with Crippen LogP contribution in [-0.2, 0) is 0 Å². The van der Waals surface area contributed by atoms with Crippen LogP contribution in [0.3, 0.4) is 0 Å². The lowest BCUT2D eigenvalue weighted by Crippen LogP contribution is -2.14. The van der Waals surface area contributed by atoms with E-state index in [4.69, 9.17) is 0 Å². The van der Waals surface area contributed by atoms with Crippen LogP contribution >= 0.6 is 31.9 Å². The summed E-state index contributed by atoms with van der Waals surface area (Å²) in [5.74, 6) is 0.0787. The highest BCUT2D eigenvalue weighted by Crippen LogP contribution is 2.17. The quantitative estimate of drug-likeness (QED) is 0.433. The van der Waals surface area contributed by atoms with Crippen LogP contribution < -0.4 is 10.4 Å². The number of Topliss-reactive ketones (excluding diaryl/α,β-unsaturated/α-hetero) is 1. The molecule has 0 saturated carbocycles. The number of benzene rings is 3. The highest BCUT2D eigenvalue weighted by molar-refractivity contribution is 9.14. The number of ketones is 1. The van der Waals surface area contributed by atoms with Gasteiger partial charge in [0, 0.05) is 5.56 Å². The van der Waals surface area contributed by atoms with Crippen molar-refractivity contribution in [1.29, 1.82) is 0 Å². The molecule has 0 N–H and O–H groups in total. The van der Waals surface area contributed by atoms with E-state index in [-0.39, 0.29) is 5.78 Å². The minimum atomic E-state index is 0.0787. The number of fused-ring (bicyclic) bond motifs is 2. The molecule has 1 nitrogen and oxygen atoms in total. The zero-order valence-electron chi connectivity index (χ0n) is 11.4. The molecule has 0 bridgehead atoms. The molecule has 0 aromatic heterocycles. The molecule has 0 heterocycles. The van der Waals surface area contributed by atoms with Gasteiger partial charge >= 0.3 is 0 Å². The third-order valence-corrected chi connectivity index (χ3v) is 4.65. The lowest BCUT2D eigenvalue weighted by atomic mass is 9.97. The Hall–Kier alpha value is -1.45. The summed E-state index contributed by atoms with van der Waals surface area (Å²) in [7, 11) is 0. The second-order valence-electron chi connectivity index (χ2n) is 4.91. The van der Waals surface area contributed by atoms with Crippen LogP contribution in [0.2, 0.25) is 0 Å². The van der Waals surface area contributed by atoms with E-state index in [9.17, 15) is 4.79 Å². The van der Waals surface area contributed by atoms with Crippen molar-refractivity contribution in [3.63, 3.8) is 0 Å². The van der Waals surface area contributed by atoms with Crippen molar-refractivity contribution in [1.82, 2.24) is 0 Å². The maximum Gasteiger partial charge on any atom is 0.159 e. The number of hydrogen-bond acceptors (Lipinski definition) is 1. The Morgan fingerprint density at radius 3 is 1.90 bits per heavy atom. The maximum absolute atomic E-state index is 11.7. The summed E-state index contributed by atoms with van der Waals surface area (Å²) < 4.78 is 0. The monoisotopic (exact) mass is 402 g/mol. The van der Waals surface area contributed by atoms with Gasteiger partial charge < -0.3 is 0 Å². The SMILES string of the molecule is CC(=O)c1ccc2/c(=C/Br)c3ccccc3/c(=C/Br)c2c1. The first kappa shape index (κ1) is 14.5. The van der Waals surface area contributed by atoms with Crippen molar-refractivity contribution in [3.8, 4) is 0 Å². The molecule has 0 spiro atoms. The average molecular weight is 404 g/mol. The summed E-state index contributed by atoms with van der Waals surface area (Å²) in [4.78, 5) is 15.5. The van der Waals surface area contributed by atoms with Gasteiger partial charge in [0.05, 0.1) is 0 Å². The first-order valence-electron chi connectivity index (χ1n) is 6.53. The van der Waals surface area contributed by atoms with E-state index in [0.717, 1.165) is 32.2 Å². The second-order valence-corrected chi connectivity index (χ2v) is 5.82. The zero-order valence-corrected chi connectivity index (χ0v) is 14.5. The van der Waals surface area contributed by atoms with E-state index in [1.54, 1.807) is 6.92 Å². The smallest absolute Gasteiger partial charge is 0.159 e. The first-order valence-corrected chi connectivity index (χ1v) is 8.36. The molecule has 0 fully saturated rings. The predicted octanol–water partition coefficient (Wildman–Crippen LogP) is 4.46. The molecule has 21 heavy (non-hydrogen) atoms. The molecule has 3 heteroatoms. The molecule has 0 amide bonds. The highest BCUT2D eigenvalue weighted by Gasteiger charge is 2.07. The van der Waals surface area contributed by atoms with Crippen LogP contribution in [0.4, 0.5) is 0 Å². The van der Waals surface area contributed by atoms with E-state index in [0.29, 0.717) is 0 Å². The maximum atomic E-state index is 11.7. The van der Waals surface area contributed by atoms with E-state index in [2.05, 4.69) is 44.0 Å². The van der Waals surface area contributed by atoms with Gasteiger partial charge in [0.2, 0.25) is 0 Å². The van der Waals surface area contributed by atoms with Crippen molar-refractivity contribution in [2.75, 3.05) is 0 Å². The summed E-state index contributed by atoms with van der Waals surface area (Å²) in [6, 6.07) is 14.2. The summed E-state index contributed by atoms with van der Waals surface area (Å²) in [5, 5.41) is 6.78. The Balaban J connectivity index is 2.69. The lowest BCUT2D eigenvalue weighted by molar-refractivity contribution is 0.101. The van der Waals surface area contributed by atoms with Crippen LogP contribution in [0.25, 0.3) is 31.5 Å². The molecule has 0 aliphatic heterocycles. The van der Waals surface area contributed by atoms with Crippen LogP contribution in [0.5, 0.6) is 0 Å². The fraction of sp³-hybridized carbons (Fsp3) is 0.0556. The standard InChI is InChI=1S/C18H12Br2O/c1-11(21)12-6-7-15-16(8-12)18(10-20)14-5-3-2-4-13(14)17(15)9-19/h2-10H,1H3/b17-9+,18-10-. The van der Waals surface area contributed by atoms with Crippen molar-refractivity contribution < 1.29 is 4.79 Å². The van der Waals surface area contributed by atoms with Gasteiger partial charge in [-0.1, -0.05) is 68.3 Å². The number of carbonyl (C=O) groups excluding carboxylic acids is 1. The Bertz CT molecular complexity index is 987. The molecular weight excluding hydrogens is 392 g/mol. The minimum absolute atomic E-state index is 0.0787. The minimum Gasteiger partial charge on any atom is -0.295 e. The van der Waals surface area contributed by atoms with Gasteiger partial charge in [0.25, 0.3) is 0 Å². The Morgan fingerprint density at radius 1 is 0.857 bits per heavy atom. The number of rotatable bonds is 1. The van der Waals surface area contributed by atoms with E-state index in [1.165, 1.54) is 5.39 Å². The molecule has 3 aromatic carbocycles. The van der Waals surface area contributed by atoms with E-state index in [1.807, 2.05) is 40.3 Å². The van der Waals surface area contributed by atoms with Gasteiger partial charge in [-0.15, -0.1) is 0 Å². The Morgan fingerprint density at radius 2 is 1.38 bits per heavy atom. The van der Waals surface area contributed by atoms with Crippen LogP contribution in [0.15, 0.2) is 42.5 Å². The van der Waals surface area contributed by atoms with Gasteiger partial charge in [-0.3, -0.25) is 4.79 Å². The topological polar surface area (TPSA) is 17.1 Å². The molecule has 0 saturated heterocycles. The Kier molecular flexibility index (Phi) is 3.96. The highest BCUT2D eigenvalue weighted by atomic mass is 79.9. The summed E-state index contributed by atoms with van der Waals surface area (Å²) >= 11 is 6.96. The molecule has 3 rings (SSSR count). The molecular formula is C18H12Br2O. The van der Waals surface area contributed by atoms with E-state index < -0.39 is 0 Å². The van der Waals surface area contributed by atoms with Crippen LogP contribution in [0.1, 0.15) is 17.3 Å². The van der Waals surface area contributed by atoms with Crippen molar-refractivity contribution >= 4 is 69.2 Å². The second kappa shape index (κ2) is 5.74. The molecule has 3 aromatic rings. The van der Waals surface area contributed by atoms with Crippen molar-refractivity contribution in [2.45, 2.75) is 6.92 Å². The molecule has 0 aliphatic carbocycles. The average Bonchev–Trinajstić information content (AvgIpc) is 2.51. The zero-order chi connectivity index (χ0) is 15.0. The van der Waals surface area contributed by atoms with Crippen LogP contribution in [-0.4, -0.2) is 5.78 Å². The summed E-state index contributed by atoms with van der Waals surface area (Å²) in [6.45, 7) is 1.59. The van der Waals surface area contributed by atoms with Crippen molar-refractivity contribution in [3.05, 3.63) is 58.5 Å². The fourth-order valence-electron chi connectivity index (χ4n) is 2.70. The molecule has 0 radical (unpaired) electrons. The normalized spacial score (nSPS) is 13.3. The number of carbonyl (C=O) groups is 1. The molecule has 104 valence electrons. The summed E-state index contributed by atoms with van der Waals surface area (Å²) in [6.07, 6.45) is 0. The fourth-order valence-corrected chi connectivity index (χ4v) is 3.69. The third-order valence-electron chi connectivity index (χ3n) is 3.73. The first-order chi connectivity index (χ1) is 10.2. The lowest BCUT2D eigenvalue weighted by Gasteiger charge is -2.08. The van der Waals surface area contributed by atoms with Gasteiger partial charge in [-0.2, -0.15) is 0 Å². The number of halogens is 2. The van der Waals surface area contributed by atoms with Gasteiger partial charge in [-0.05, 0) is 54.9 Å².